The normalized spacial score (nSPS) is 15.2. The molecule has 2 rings (SSSR count). The van der Waals surface area contributed by atoms with Crippen molar-refractivity contribution in [2.75, 3.05) is 26.2 Å². The minimum absolute atomic E-state index is 0.0367. The molecule has 1 aromatic rings. The quantitative estimate of drug-likeness (QED) is 0.510. The number of amides is 4. The van der Waals surface area contributed by atoms with E-state index in [1.165, 1.54) is 12.3 Å². The van der Waals surface area contributed by atoms with E-state index in [1.54, 1.807) is 24.8 Å². The van der Waals surface area contributed by atoms with Crippen LogP contribution in [-0.2, 0) is 14.3 Å². The summed E-state index contributed by atoms with van der Waals surface area (Å²) in [4.78, 5) is 49.3. The van der Waals surface area contributed by atoms with Crippen LogP contribution in [0.4, 0.5) is 4.79 Å². The number of hydrogen-bond acceptors (Lipinski definition) is 6. The summed E-state index contributed by atoms with van der Waals surface area (Å²) in [7, 11) is 0. The molecule has 0 radical (unpaired) electrons. The number of nitrogens with one attached hydrogen (secondary N) is 3. The molecule has 1 saturated heterocycles. The Bertz CT molecular complexity index is 713. The van der Waals surface area contributed by atoms with Gasteiger partial charge in [-0.05, 0) is 45.2 Å². The number of ether oxygens (including phenoxy) is 1. The van der Waals surface area contributed by atoms with Gasteiger partial charge in [0.15, 0.2) is 5.76 Å². The zero-order valence-corrected chi connectivity index (χ0v) is 17.4. The van der Waals surface area contributed by atoms with Crippen molar-refractivity contribution >= 4 is 23.8 Å². The highest BCUT2D eigenvalue weighted by Gasteiger charge is 2.24. The second-order valence-electron chi connectivity index (χ2n) is 7.09. The zero-order valence-electron chi connectivity index (χ0n) is 17.4. The number of likely N-dealkylation sites (tertiary alicyclic amines) is 1. The van der Waals surface area contributed by atoms with E-state index in [2.05, 4.69) is 16.0 Å². The van der Waals surface area contributed by atoms with E-state index in [1.807, 2.05) is 0 Å². The fourth-order valence-corrected chi connectivity index (χ4v) is 3.08. The topological polar surface area (TPSA) is 130 Å². The molecule has 1 aliphatic rings. The van der Waals surface area contributed by atoms with E-state index < -0.39 is 11.9 Å². The minimum Gasteiger partial charge on any atom is -0.459 e. The molecule has 0 spiro atoms. The number of carbonyl (C=O) groups is 4. The van der Waals surface area contributed by atoms with Crippen LogP contribution in [0.15, 0.2) is 22.8 Å². The van der Waals surface area contributed by atoms with Crippen molar-refractivity contribution in [1.29, 1.82) is 0 Å². The number of rotatable bonds is 9. The summed E-state index contributed by atoms with van der Waals surface area (Å²) in [6.07, 6.45) is 3.22. The summed E-state index contributed by atoms with van der Waals surface area (Å²) < 4.78 is 9.95. The van der Waals surface area contributed by atoms with Crippen molar-refractivity contribution in [3.8, 4) is 0 Å². The van der Waals surface area contributed by atoms with Gasteiger partial charge in [0, 0.05) is 32.1 Å². The lowest BCUT2D eigenvalue weighted by molar-refractivity contribution is -0.124. The van der Waals surface area contributed by atoms with Crippen LogP contribution < -0.4 is 16.0 Å². The SMILES string of the molecule is CCOC(=O)N1CCC(NC(=O)CCCNC(=O)C(C)NC(=O)c2ccco2)CC1. The third-order valence-electron chi connectivity index (χ3n) is 4.75. The standard InChI is InChI=1S/C20H30N4O6/c1-3-29-20(28)24-11-8-15(9-12-24)23-17(25)7-4-10-21-18(26)14(2)22-19(27)16-6-5-13-30-16/h5-6,13-15H,3-4,7-12H2,1-2H3,(H,21,26)(H,22,27)(H,23,25). The molecule has 10 nitrogen and oxygen atoms in total. The average Bonchev–Trinajstić information content (AvgIpc) is 3.26. The maximum absolute atomic E-state index is 12.1. The van der Waals surface area contributed by atoms with Crippen LogP contribution in [0.2, 0.25) is 0 Å². The number of carbonyl (C=O) groups excluding carboxylic acids is 4. The van der Waals surface area contributed by atoms with Crippen LogP contribution in [0, 0.1) is 0 Å². The van der Waals surface area contributed by atoms with Crippen molar-refractivity contribution in [3.63, 3.8) is 0 Å². The predicted octanol–water partition coefficient (Wildman–Crippen LogP) is 1.03. The van der Waals surface area contributed by atoms with E-state index in [4.69, 9.17) is 9.15 Å². The highest BCUT2D eigenvalue weighted by Crippen LogP contribution is 2.11. The lowest BCUT2D eigenvalue weighted by Gasteiger charge is -2.31. The second kappa shape index (κ2) is 11.8. The van der Waals surface area contributed by atoms with Gasteiger partial charge in [0.25, 0.3) is 5.91 Å². The molecular formula is C20H30N4O6. The van der Waals surface area contributed by atoms with E-state index in [9.17, 15) is 19.2 Å². The van der Waals surface area contributed by atoms with E-state index in [0.717, 1.165) is 0 Å². The van der Waals surface area contributed by atoms with Gasteiger partial charge < -0.3 is 30.0 Å². The van der Waals surface area contributed by atoms with Gasteiger partial charge in [0.05, 0.1) is 12.9 Å². The third kappa shape index (κ3) is 7.41. The zero-order chi connectivity index (χ0) is 21.9. The Balaban J connectivity index is 1.57. The molecule has 3 N–H and O–H groups in total. The summed E-state index contributed by atoms with van der Waals surface area (Å²) in [6.45, 7) is 5.13. The van der Waals surface area contributed by atoms with Gasteiger partial charge in [-0.3, -0.25) is 14.4 Å². The Morgan fingerprint density at radius 3 is 2.63 bits per heavy atom. The van der Waals surface area contributed by atoms with Crippen LogP contribution >= 0.6 is 0 Å². The average molecular weight is 422 g/mol. The summed E-state index contributed by atoms with van der Waals surface area (Å²) in [6, 6.07) is 2.42. The number of nitrogens with zero attached hydrogens (tertiary/aromatic N) is 1. The van der Waals surface area contributed by atoms with Crippen LogP contribution in [-0.4, -0.2) is 67.0 Å². The molecule has 0 aromatic carbocycles. The minimum atomic E-state index is -0.721. The number of furan rings is 1. The predicted molar refractivity (Wildman–Crippen MR) is 108 cm³/mol. The second-order valence-corrected chi connectivity index (χ2v) is 7.09. The fraction of sp³-hybridized carbons (Fsp3) is 0.600. The lowest BCUT2D eigenvalue weighted by Crippen LogP contribution is -2.47. The summed E-state index contributed by atoms with van der Waals surface area (Å²) in [5.74, 6) is -0.741. The van der Waals surface area contributed by atoms with Gasteiger partial charge >= 0.3 is 6.09 Å². The van der Waals surface area contributed by atoms with E-state index in [-0.39, 0.29) is 36.1 Å². The van der Waals surface area contributed by atoms with Crippen LogP contribution in [0.3, 0.4) is 0 Å². The van der Waals surface area contributed by atoms with Crippen molar-refractivity contribution in [2.24, 2.45) is 0 Å². The molecule has 0 aliphatic carbocycles. The maximum atomic E-state index is 12.1. The lowest BCUT2D eigenvalue weighted by atomic mass is 10.1. The molecule has 1 aromatic heterocycles. The number of hydrogen-bond donors (Lipinski definition) is 3. The molecule has 1 atom stereocenters. The Morgan fingerprint density at radius 1 is 1.27 bits per heavy atom. The summed E-state index contributed by atoms with van der Waals surface area (Å²) in [5, 5.41) is 8.21. The third-order valence-corrected chi connectivity index (χ3v) is 4.75. The first kappa shape index (κ1) is 23.2. The molecule has 166 valence electrons. The molecule has 1 fully saturated rings. The molecule has 1 unspecified atom stereocenters. The van der Waals surface area contributed by atoms with E-state index >= 15 is 0 Å². The van der Waals surface area contributed by atoms with Crippen LogP contribution in [0.5, 0.6) is 0 Å². The van der Waals surface area contributed by atoms with Gasteiger partial charge in [-0.2, -0.15) is 0 Å². The molecule has 1 aliphatic heterocycles. The van der Waals surface area contributed by atoms with Gasteiger partial charge in [-0.15, -0.1) is 0 Å². The van der Waals surface area contributed by atoms with Crippen molar-refractivity contribution < 1.29 is 28.3 Å². The summed E-state index contributed by atoms with van der Waals surface area (Å²) >= 11 is 0. The van der Waals surface area contributed by atoms with Crippen molar-refractivity contribution in [3.05, 3.63) is 24.2 Å². The highest BCUT2D eigenvalue weighted by molar-refractivity contribution is 5.95. The van der Waals surface area contributed by atoms with E-state index in [0.29, 0.717) is 45.5 Å². The van der Waals surface area contributed by atoms with Crippen molar-refractivity contribution in [2.45, 2.75) is 51.6 Å². The molecule has 10 heteroatoms. The smallest absolute Gasteiger partial charge is 0.409 e. The van der Waals surface area contributed by atoms with Crippen LogP contribution in [0.25, 0.3) is 0 Å². The van der Waals surface area contributed by atoms with Crippen molar-refractivity contribution in [1.82, 2.24) is 20.9 Å². The van der Waals surface area contributed by atoms with Gasteiger partial charge in [0.2, 0.25) is 11.8 Å². The highest BCUT2D eigenvalue weighted by atomic mass is 16.6. The first-order chi connectivity index (χ1) is 14.4. The van der Waals surface area contributed by atoms with Crippen LogP contribution in [0.1, 0.15) is 50.1 Å². The fourth-order valence-electron chi connectivity index (χ4n) is 3.08. The molecular weight excluding hydrogens is 392 g/mol. The molecule has 30 heavy (non-hydrogen) atoms. The Labute approximate surface area is 175 Å². The number of piperidine rings is 1. The van der Waals surface area contributed by atoms with Gasteiger partial charge in [-0.25, -0.2) is 4.79 Å². The summed E-state index contributed by atoms with van der Waals surface area (Å²) in [5.41, 5.74) is 0. The Kier molecular flexibility index (Phi) is 9.17. The molecule has 4 amide bonds. The first-order valence-corrected chi connectivity index (χ1v) is 10.2. The maximum Gasteiger partial charge on any atom is 0.409 e. The monoisotopic (exact) mass is 422 g/mol. The Hall–Kier alpha value is -3.04. The first-order valence-electron chi connectivity index (χ1n) is 10.2. The Morgan fingerprint density at radius 2 is 2.00 bits per heavy atom. The van der Waals surface area contributed by atoms with Gasteiger partial charge in [-0.1, -0.05) is 0 Å². The van der Waals surface area contributed by atoms with Gasteiger partial charge in [0.1, 0.15) is 6.04 Å². The molecule has 0 bridgehead atoms. The largest absolute Gasteiger partial charge is 0.459 e. The molecule has 2 heterocycles. The molecule has 0 saturated carbocycles.